The molecule has 6 rings (SSSR count). The van der Waals surface area contributed by atoms with Crippen molar-refractivity contribution in [1.29, 1.82) is 0 Å². The van der Waals surface area contributed by atoms with Crippen LogP contribution in [0.25, 0.3) is 43.6 Å². The number of pyridine rings is 1. The first kappa shape index (κ1) is 21.2. The molecule has 0 spiro atoms. The average Bonchev–Trinajstić information content (AvgIpc) is 2.78. The fourth-order valence-electron chi connectivity index (χ4n) is 5.83. The third kappa shape index (κ3) is 3.05. The second-order valence-electron chi connectivity index (χ2n) is 11.3. The first-order valence-electron chi connectivity index (χ1n) is 12.2. The summed E-state index contributed by atoms with van der Waals surface area (Å²) in [5.41, 5.74) is 7.89. The molecule has 2 heterocycles. The number of nitrogens with zero attached hydrogens (tertiary/aromatic N) is 1. The first-order valence-corrected chi connectivity index (χ1v) is 12.2. The van der Waals surface area contributed by atoms with Crippen LogP contribution in [0.5, 0.6) is 11.5 Å². The van der Waals surface area contributed by atoms with Gasteiger partial charge in [0.25, 0.3) is 0 Å². The van der Waals surface area contributed by atoms with Gasteiger partial charge < -0.3 is 4.74 Å². The molecule has 34 heavy (non-hydrogen) atoms. The smallest absolute Gasteiger partial charge is 0.228 e. The summed E-state index contributed by atoms with van der Waals surface area (Å²) >= 11 is 0. The number of aryl methyl sites for hydroxylation is 4. The minimum atomic E-state index is 0.252. The van der Waals surface area contributed by atoms with Crippen molar-refractivity contribution in [3.63, 3.8) is 0 Å². The summed E-state index contributed by atoms with van der Waals surface area (Å²) in [5.74, 6) is 1.95. The molecule has 0 bridgehead atoms. The number of aromatic nitrogens is 1. The molecule has 0 saturated carbocycles. The number of hydrogen-bond acceptors (Lipinski definition) is 1. The lowest BCUT2D eigenvalue weighted by Crippen LogP contribution is -2.32. The van der Waals surface area contributed by atoms with Crippen molar-refractivity contribution in [2.75, 3.05) is 0 Å². The van der Waals surface area contributed by atoms with Crippen molar-refractivity contribution in [3.05, 3.63) is 77.0 Å². The maximum absolute atomic E-state index is 6.76. The van der Waals surface area contributed by atoms with Crippen LogP contribution in [0, 0.1) is 26.2 Å². The lowest BCUT2D eigenvalue weighted by Gasteiger charge is -2.25. The Morgan fingerprint density at radius 2 is 1.59 bits per heavy atom. The van der Waals surface area contributed by atoms with E-state index in [4.69, 9.17) is 4.74 Å². The summed E-state index contributed by atoms with van der Waals surface area (Å²) in [6.07, 6.45) is 3.27. The molecule has 2 heteroatoms. The summed E-state index contributed by atoms with van der Waals surface area (Å²) in [4.78, 5) is 0. The highest BCUT2D eigenvalue weighted by molar-refractivity contribution is 6.16. The van der Waals surface area contributed by atoms with Gasteiger partial charge in [-0.05, 0) is 71.3 Å². The first-order chi connectivity index (χ1) is 16.1. The predicted octanol–water partition coefficient (Wildman–Crippen LogP) is 8.26. The normalized spacial score (nSPS) is 12.9. The fraction of sp³-hybridized carbons (Fsp3) is 0.281. The quantitative estimate of drug-likeness (QED) is 0.183. The van der Waals surface area contributed by atoms with Crippen LogP contribution in [0.1, 0.15) is 43.0 Å². The Morgan fingerprint density at radius 1 is 0.794 bits per heavy atom. The van der Waals surface area contributed by atoms with Crippen molar-refractivity contribution >= 4 is 32.3 Å². The topological polar surface area (TPSA) is 13.1 Å². The van der Waals surface area contributed by atoms with E-state index < -0.39 is 0 Å². The number of benzene rings is 4. The molecular formula is C32H32NO+. The molecule has 1 aliphatic rings. The fourth-order valence-corrected chi connectivity index (χ4v) is 5.83. The molecule has 170 valence electrons. The Kier molecular flexibility index (Phi) is 4.39. The van der Waals surface area contributed by atoms with Gasteiger partial charge in [-0.1, -0.05) is 62.7 Å². The number of hydrogen-bond donors (Lipinski definition) is 0. The van der Waals surface area contributed by atoms with E-state index in [0.717, 1.165) is 17.9 Å². The van der Waals surface area contributed by atoms with Crippen LogP contribution in [-0.4, -0.2) is 0 Å². The van der Waals surface area contributed by atoms with Crippen LogP contribution >= 0.6 is 0 Å². The highest BCUT2D eigenvalue weighted by Gasteiger charge is 2.32. The van der Waals surface area contributed by atoms with Gasteiger partial charge in [-0.3, -0.25) is 0 Å². The molecule has 0 atom stereocenters. The van der Waals surface area contributed by atoms with Crippen LogP contribution in [0.3, 0.4) is 0 Å². The zero-order valence-corrected chi connectivity index (χ0v) is 21.3. The van der Waals surface area contributed by atoms with E-state index in [1.807, 2.05) is 0 Å². The highest BCUT2D eigenvalue weighted by atomic mass is 16.5. The van der Waals surface area contributed by atoms with Crippen LogP contribution < -0.4 is 9.30 Å². The van der Waals surface area contributed by atoms with Crippen molar-refractivity contribution in [2.45, 2.75) is 48.0 Å². The average molecular weight is 447 g/mol. The number of ether oxygens (including phenoxy) is 1. The number of fused-ring (bicyclic) bond motifs is 5. The van der Waals surface area contributed by atoms with Crippen molar-refractivity contribution in [2.24, 2.45) is 12.5 Å². The standard InChI is InChI=1S/C32H32NO/c1-18-8-11-23-20(3)31-28(19(2)25(23)14-18)30-29-24(12-13-33(30)7)26-15-21(17-32(4,5)6)9-10-22(26)16-27(29)34-31/h8-16H,17H2,1-7H3/q+1. The molecule has 5 aromatic rings. The molecule has 0 aliphatic carbocycles. The van der Waals surface area contributed by atoms with E-state index in [0.29, 0.717) is 0 Å². The summed E-state index contributed by atoms with van der Waals surface area (Å²) in [7, 11) is 2.16. The van der Waals surface area contributed by atoms with Gasteiger partial charge in [0.1, 0.15) is 18.5 Å². The molecule has 2 nitrogen and oxygen atoms in total. The van der Waals surface area contributed by atoms with Gasteiger partial charge in [-0.15, -0.1) is 0 Å². The van der Waals surface area contributed by atoms with Gasteiger partial charge in [0.15, 0.2) is 6.20 Å². The van der Waals surface area contributed by atoms with Crippen molar-refractivity contribution in [3.8, 4) is 22.8 Å². The molecule has 0 saturated heterocycles. The molecule has 4 aromatic carbocycles. The Balaban J connectivity index is 1.73. The van der Waals surface area contributed by atoms with E-state index in [1.54, 1.807) is 0 Å². The van der Waals surface area contributed by atoms with E-state index in [-0.39, 0.29) is 5.41 Å². The maximum atomic E-state index is 6.76. The van der Waals surface area contributed by atoms with Crippen LogP contribution in [0.2, 0.25) is 0 Å². The number of rotatable bonds is 1. The molecule has 1 aromatic heterocycles. The van der Waals surface area contributed by atoms with E-state index in [1.165, 1.54) is 65.8 Å². The Hall–Kier alpha value is -3.39. The summed E-state index contributed by atoms with van der Waals surface area (Å²) in [5, 5.41) is 7.60. The van der Waals surface area contributed by atoms with Crippen LogP contribution in [-0.2, 0) is 13.5 Å². The minimum absolute atomic E-state index is 0.252. The largest absolute Gasteiger partial charge is 0.455 e. The predicted molar refractivity (Wildman–Crippen MR) is 143 cm³/mol. The van der Waals surface area contributed by atoms with E-state index >= 15 is 0 Å². The van der Waals surface area contributed by atoms with Gasteiger partial charge in [-0.25, -0.2) is 4.57 Å². The van der Waals surface area contributed by atoms with Gasteiger partial charge in [0.2, 0.25) is 5.69 Å². The lowest BCUT2D eigenvalue weighted by atomic mass is 9.86. The third-order valence-electron chi connectivity index (χ3n) is 7.37. The highest BCUT2D eigenvalue weighted by Crippen LogP contribution is 2.51. The van der Waals surface area contributed by atoms with Crippen molar-refractivity contribution < 1.29 is 9.30 Å². The van der Waals surface area contributed by atoms with Gasteiger partial charge in [-0.2, -0.15) is 0 Å². The lowest BCUT2D eigenvalue weighted by molar-refractivity contribution is -0.659. The minimum Gasteiger partial charge on any atom is -0.455 e. The summed E-state index contributed by atoms with van der Waals surface area (Å²) in [6.45, 7) is 13.5. The Morgan fingerprint density at radius 3 is 2.35 bits per heavy atom. The zero-order valence-electron chi connectivity index (χ0n) is 21.3. The van der Waals surface area contributed by atoms with E-state index in [9.17, 15) is 0 Å². The van der Waals surface area contributed by atoms with Gasteiger partial charge in [0, 0.05) is 17.0 Å². The second kappa shape index (κ2) is 7.06. The molecule has 1 aliphatic heterocycles. The molecule has 0 radical (unpaired) electrons. The third-order valence-corrected chi connectivity index (χ3v) is 7.37. The zero-order chi connectivity index (χ0) is 23.9. The molecular weight excluding hydrogens is 414 g/mol. The van der Waals surface area contributed by atoms with Crippen LogP contribution in [0.4, 0.5) is 0 Å². The maximum Gasteiger partial charge on any atom is 0.228 e. The summed E-state index contributed by atoms with van der Waals surface area (Å²) < 4.78 is 9.03. The van der Waals surface area contributed by atoms with Crippen LogP contribution in [0.15, 0.2) is 54.7 Å². The molecule has 0 amide bonds. The Bertz CT molecular complexity index is 1670. The SMILES string of the molecule is Cc1ccc2c(C)c3c(c(C)c2c1)-c1c2c(cc4ccc(CC(C)(C)C)cc4c2cc[n+]1C)O3. The molecule has 0 fully saturated rings. The Labute approximate surface area is 201 Å². The van der Waals surface area contributed by atoms with Gasteiger partial charge >= 0.3 is 0 Å². The monoisotopic (exact) mass is 446 g/mol. The van der Waals surface area contributed by atoms with Gasteiger partial charge in [0.05, 0.1) is 10.9 Å². The van der Waals surface area contributed by atoms with E-state index in [2.05, 4.69) is 108 Å². The molecule has 0 N–H and O–H groups in total. The second-order valence-corrected chi connectivity index (χ2v) is 11.3. The molecule has 0 unspecified atom stereocenters. The summed E-state index contributed by atoms with van der Waals surface area (Å²) in [6, 6.07) is 18.2. The van der Waals surface area contributed by atoms with Crippen molar-refractivity contribution in [1.82, 2.24) is 0 Å².